The normalized spacial score (nSPS) is 11.4. The molecule has 2 aromatic carbocycles. The molecule has 0 amide bonds. The fraction of sp³-hybridized carbons (Fsp3) is 0.429. The van der Waals surface area contributed by atoms with Gasteiger partial charge in [0.1, 0.15) is 0 Å². The second-order valence-corrected chi connectivity index (χ2v) is 6.87. The molecule has 0 saturated heterocycles. The molecule has 0 fully saturated rings. The van der Waals surface area contributed by atoms with Crippen LogP contribution in [0, 0.1) is 13.8 Å². The molecule has 0 aliphatic heterocycles. The third-order valence-electron chi connectivity index (χ3n) is 4.34. The van der Waals surface area contributed by atoms with Crippen molar-refractivity contribution in [1.29, 1.82) is 0 Å². The average molecular weight is 280 g/mol. The highest BCUT2D eigenvalue weighted by molar-refractivity contribution is 5.39. The molecule has 0 spiro atoms. The van der Waals surface area contributed by atoms with E-state index < -0.39 is 0 Å². The van der Waals surface area contributed by atoms with Gasteiger partial charge in [-0.1, -0.05) is 64.1 Å². The SMILES string of the molecule is Cc1ccc(Cc2ccc(C)c(C(C)C)c2)cc1C(C)C. The Morgan fingerprint density at radius 3 is 1.38 bits per heavy atom. The molecule has 0 aromatic heterocycles. The van der Waals surface area contributed by atoms with Crippen molar-refractivity contribution in [2.45, 2.75) is 59.8 Å². The second kappa shape index (κ2) is 6.47. The van der Waals surface area contributed by atoms with Crippen molar-refractivity contribution < 1.29 is 0 Å². The zero-order valence-electron chi connectivity index (χ0n) is 14.3. The summed E-state index contributed by atoms with van der Waals surface area (Å²) in [5.41, 5.74) is 8.60. The van der Waals surface area contributed by atoms with Gasteiger partial charge in [-0.15, -0.1) is 0 Å². The summed E-state index contributed by atoms with van der Waals surface area (Å²) in [7, 11) is 0. The van der Waals surface area contributed by atoms with Crippen molar-refractivity contribution in [3.63, 3.8) is 0 Å². The Hall–Kier alpha value is -1.56. The first-order valence-corrected chi connectivity index (χ1v) is 8.07. The largest absolute Gasteiger partial charge is 0.0588 e. The molecular weight excluding hydrogens is 252 g/mol. The smallest absolute Gasteiger partial charge is 0.00256 e. The molecule has 2 aromatic rings. The third kappa shape index (κ3) is 3.75. The maximum absolute atomic E-state index is 2.38. The van der Waals surface area contributed by atoms with Gasteiger partial charge in [0.2, 0.25) is 0 Å². The Bertz CT molecular complexity index is 562. The van der Waals surface area contributed by atoms with Crippen LogP contribution in [0.3, 0.4) is 0 Å². The summed E-state index contributed by atoms with van der Waals surface area (Å²) in [6.07, 6.45) is 1.03. The van der Waals surface area contributed by atoms with E-state index in [0.29, 0.717) is 11.8 Å². The standard InChI is InChI=1S/C21H28/c1-14(2)20-12-18(9-7-16(20)5)11-19-10-8-17(6)21(13-19)15(3)4/h7-10,12-15H,11H2,1-6H3. The van der Waals surface area contributed by atoms with E-state index in [1.807, 2.05) is 0 Å². The van der Waals surface area contributed by atoms with Crippen LogP contribution in [-0.2, 0) is 6.42 Å². The predicted octanol–water partition coefficient (Wildman–Crippen LogP) is 6.14. The molecule has 0 aliphatic carbocycles. The summed E-state index contributed by atoms with van der Waals surface area (Å²) >= 11 is 0. The van der Waals surface area contributed by atoms with Gasteiger partial charge in [-0.25, -0.2) is 0 Å². The molecule has 21 heavy (non-hydrogen) atoms. The van der Waals surface area contributed by atoms with Crippen LogP contribution in [0.25, 0.3) is 0 Å². The van der Waals surface area contributed by atoms with Crippen molar-refractivity contribution in [2.75, 3.05) is 0 Å². The van der Waals surface area contributed by atoms with E-state index >= 15 is 0 Å². The van der Waals surface area contributed by atoms with Gasteiger partial charge in [-0.2, -0.15) is 0 Å². The maximum atomic E-state index is 2.38. The van der Waals surface area contributed by atoms with Crippen LogP contribution in [0.5, 0.6) is 0 Å². The highest BCUT2D eigenvalue weighted by atomic mass is 14.1. The van der Waals surface area contributed by atoms with Gasteiger partial charge in [0.25, 0.3) is 0 Å². The number of aryl methyl sites for hydroxylation is 2. The van der Waals surface area contributed by atoms with E-state index in [1.165, 1.54) is 33.4 Å². The van der Waals surface area contributed by atoms with Crippen molar-refractivity contribution in [3.05, 3.63) is 69.8 Å². The van der Waals surface area contributed by atoms with Gasteiger partial charge in [0.15, 0.2) is 0 Å². The molecule has 0 radical (unpaired) electrons. The minimum Gasteiger partial charge on any atom is -0.0588 e. The first-order chi connectivity index (χ1) is 9.88. The summed E-state index contributed by atoms with van der Waals surface area (Å²) in [6, 6.07) is 13.8. The topological polar surface area (TPSA) is 0 Å². The first kappa shape index (κ1) is 15.8. The molecule has 0 bridgehead atoms. The number of rotatable bonds is 4. The Labute approximate surface area is 130 Å². The fourth-order valence-electron chi connectivity index (χ4n) is 3.08. The van der Waals surface area contributed by atoms with Crippen LogP contribution in [0.2, 0.25) is 0 Å². The van der Waals surface area contributed by atoms with Crippen molar-refractivity contribution >= 4 is 0 Å². The predicted molar refractivity (Wildman–Crippen MR) is 93.3 cm³/mol. The van der Waals surface area contributed by atoms with Gasteiger partial charge in [0, 0.05) is 0 Å². The number of benzene rings is 2. The zero-order valence-corrected chi connectivity index (χ0v) is 14.3. The van der Waals surface area contributed by atoms with Gasteiger partial charge < -0.3 is 0 Å². The van der Waals surface area contributed by atoms with E-state index in [-0.39, 0.29) is 0 Å². The van der Waals surface area contributed by atoms with Gasteiger partial charge in [-0.3, -0.25) is 0 Å². The molecular formula is C21H28. The van der Waals surface area contributed by atoms with E-state index in [1.54, 1.807) is 0 Å². The third-order valence-corrected chi connectivity index (χ3v) is 4.34. The first-order valence-electron chi connectivity index (χ1n) is 8.07. The minimum atomic E-state index is 0.592. The van der Waals surface area contributed by atoms with Crippen LogP contribution in [0.15, 0.2) is 36.4 Å². The van der Waals surface area contributed by atoms with Crippen molar-refractivity contribution in [2.24, 2.45) is 0 Å². The van der Waals surface area contributed by atoms with Gasteiger partial charge in [0.05, 0.1) is 0 Å². The average Bonchev–Trinajstić information content (AvgIpc) is 2.42. The molecule has 0 heterocycles. The van der Waals surface area contributed by atoms with E-state index in [9.17, 15) is 0 Å². The lowest BCUT2D eigenvalue weighted by Gasteiger charge is -2.14. The Kier molecular flexibility index (Phi) is 4.88. The lowest BCUT2D eigenvalue weighted by atomic mass is 9.91. The molecule has 0 heteroatoms. The summed E-state index contributed by atoms with van der Waals surface area (Å²) < 4.78 is 0. The Morgan fingerprint density at radius 2 is 1.05 bits per heavy atom. The van der Waals surface area contributed by atoms with E-state index in [4.69, 9.17) is 0 Å². The van der Waals surface area contributed by atoms with Gasteiger partial charge >= 0.3 is 0 Å². The number of hydrogen-bond acceptors (Lipinski definition) is 0. The Morgan fingerprint density at radius 1 is 0.667 bits per heavy atom. The summed E-state index contributed by atoms with van der Waals surface area (Å²) in [6.45, 7) is 13.5. The summed E-state index contributed by atoms with van der Waals surface area (Å²) in [5, 5.41) is 0. The molecule has 0 saturated carbocycles. The Balaban J connectivity index is 2.30. The maximum Gasteiger partial charge on any atom is -0.00256 e. The zero-order chi connectivity index (χ0) is 15.6. The van der Waals surface area contributed by atoms with Crippen molar-refractivity contribution in [3.8, 4) is 0 Å². The van der Waals surface area contributed by atoms with Crippen LogP contribution in [-0.4, -0.2) is 0 Å². The molecule has 0 aliphatic rings. The van der Waals surface area contributed by atoms with Crippen LogP contribution in [0.4, 0.5) is 0 Å². The molecule has 0 atom stereocenters. The number of hydrogen-bond donors (Lipinski definition) is 0. The molecule has 112 valence electrons. The lowest BCUT2D eigenvalue weighted by molar-refractivity contribution is 0.849. The van der Waals surface area contributed by atoms with Crippen LogP contribution in [0.1, 0.15) is 72.9 Å². The summed E-state index contributed by atoms with van der Waals surface area (Å²) in [5.74, 6) is 1.18. The fourth-order valence-corrected chi connectivity index (χ4v) is 3.08. The van der Waals surface area contributed by atoms with E-state index in [2.05, 4.69) is 77.9 Å². The quantitative estimate of drug-likeness (QED) is 0.631. The highest BCUT2D eigenvalue weighted by Crippen LogP contribution is 2.24. The summed E-state index contributed by atoms with van der Waals surface area (Å²) in [4.78, 5) is 0. The molecule has 0 unspecified atom stereocenters. The lowest BCUT2D eigenvalue weighted by Crippen LogP contribution is -1.98. The van der Waals surface area contributed by atoms with Gasteiger partial charge in [-0.05, 0) is 65.5 Å². The molecule has 0 nitrogen and oxygen atoms in total. The molecule has 0 N–H and O–H groups in total. The molecule has 2 rings (SSSR count). The monoisotopic (exact) mass is 280 g/mol. The van der Waals surface area contributed by atoms with Crippen LogP contribution >= 0.6 is 0 Å². The van der Waals surface area contributed by atoms with Crippen LogP contribution < -0.4 is 0 Å². The second-order valence-electron chi connectivity index (χ2n) is 6.87. The van der Waals surface area contributed by atoms with Crippen molar-refractivity contribution in [1.82, 2.24) is 0 Å². The van der Waals surface area contributed by atoms with E-state index in [0.717, 1.165) is 6.42 Å². The highest BCUT2D eigenvalue weighted by Gasteiger charge is 2.08. The minimum absolute atomic E-state index is 0.592.